The van der Waals surface area contributed by atoms with E-state index < -0.39 is 0 Å². The Bertz CT molecular complexity index is 348. The second-order valence-electron chi connectivity index (χ2n) is 4.92. The summed E-state index contributed by atoms with van der Waals surface area (Å²) >= 11 is 0. The van der Waals surface area contributed by atoms with Crippen molar-refractivity contribution < 1.29 is 14.8 Å². The Balaban J connectivity index is 1.52. The summed E-state index contributed by atoms with van der Waals surface area (Å²) in [5, 5.41) is 2.34. The molecule has 0 aliphatic carbocycles. The average Bonchev–Trinajstić information content (AvgIpc) is 2.89. The molecule has 1 aliphatic heterocycles. The van der Waals surface area contributed by atoms with E-state index in [1.54, 1.807) is 0 Å². The van der Waals surface area contributed by atoms with Crippen molar-refractivity contribution in [2.45, 2.75) is 32.3 Å². The minimum Gasteiger partial charge on any atom is -0.493 e. The van der Waals surface area contributed by atoms with Gasteiger partial charge in [-0.3, -0.25) is 0 Å². The van der Waals surface area contributed by atoms with Crippen LogP contribution in [0.25, 0.3) is 0 Å². The fraction of sp³-hybridized carbons (Fsp3) is 0.600. The van der Waals surface area contributed by atoms with Crippen LogP contribution in [0.3, 0.4) is 0 Å². The molecule has 1 heterocycles. The van der Waals surface area contributed by atoms with Crippen LogP contribution in [0.5, 0.6) is 5.75 Å². The van der Waals surface area contributed by atoms with Gasteiger partial charge < -0.3 is 14.8 Å². The van der Waals surface area contributed by atoms with Gasteiger partial charge >= 0.3 is 0 Å². The fourth-order valence-electron chi connectivity index (χ4n) is 2.26. The summed E-state index contributed by atoms with van der Waals surface area (Å²) < 4.78 is 11.3. The normalized spacial score (nSPS) is 19.1. The Hall–Kier alpha value is -1.06. The molecule has 0 saturated carbocycles. The molecular formula is C15H24NO2+. The molecule has 100 valence electrons. The summed E-state index contributed by atoms with van der Waals surface area (Å²) in [5.41, 5.74) is 1.21. The maximum Gasteiger partial charge on any atom is 0.122 e. The summed E-state index contributed by atoms with van der Waals surface area (Å²) in [6.45, 7) is 6.05. The van der Waals surface area contributed by atoms with E-state index in [0.29, 0.717) is 6.10 Å². The minimum absolute atomic E-state index is 0.488. The number of ether oxygens (including phenoxy) is 2. The number of benzene rings is 1. The van der Waals surface area contributed by atoms with Gasteiger partial charge in [0.05, 0.1) is 13.2 Å². The molecule has 3 heteroatoms. The summed E-state index contributed by atoms with van der Waals surface area (Å²) in [5.74, 6) is 1.01. The van der Waals surface area contributed by atoms with Crippen LogP contribution >= 0.6 is 0 Å². The molecule has 1 fully saturated rings. The highest BCUT2D eigenvalue weighted by molar-refractivity contribution is 5.31. The standard InChI is InChI=1S/C15H23NO2/c1-13-6-2-3-8-15(13)18-11-5-9-16-12-14-7-4-10-17-14/h2-3,6,8,14,16H,4-5,7,9-12H2,1H3/p+1/t14-/m0/s1. The first-order valence-electron chi connectivity index (χ1n) is 6.98. The molecule has 0 amide bonds. The van der Waals surface area contributed by atoms with E-state index in [-0.39, 0.29) is 0 Å². The topological polar surface area (TPSA) is 35.1 Å². The first-order chi connectivity index (χ1) is 8.86. The SMILES string of the molecule is Cc1ccccc1OCCC[NH2+]C[C@@H]1CCCO1. The van der Waals surface area contributed by atoms with Gasteiger partial charge in [0.25, 0.3) is 0 Å². The second-order valence-corrected chi connectivity index (χ2v) is 4.92. The van der Waals surface area contributed by atoms with Gasteiger partial charge in [-0.2, -0.15) is 0 Å². The third-order valence-electron chi connectivity index (χ3n) is 3.36. The second kappa shape index (κ2) is 7.39. The highest BCUT2D eigenvalue weighted by atomic mass is 16.5. The van der Waals surface area contributed by atoms with E-state index in [9.17, 15) is 0 Å². The van der Waals surface area contributed by atoms with Crippen molar-refractivity contribution in [3.8, 4) is 5.75 Å². The zero-order valence-electron chi connectivity index (χ0n) is 11.2. The molecule has 0 spiro atoms. The highest BCUT2D eigenvalue weighted by Gasteiger charge is 2.16. The van der Waals surface area contributed by atoms with E-state index in [1.807, 2.05) is 18.2 Å². The molecule has 2 rings (SSSR count). The third kappa shape index (κ3) is 4.31. The lowest BCUT2D eigenvalue weighted by Gasteiger charge is -2.09. The van der Waals surface area contributed by atoms with E-state index in [1.165, 1.54) is 18.4 Å². The third-order valence-corrected chi connectivity index (χ3v) is 3.36. The number of para-hydroxylation sites is 1. The predicted molar refractivity (Wildman–Crippen MR) is 71.9 cm³/mol. The molecular weight excluding hydrogens is 226 g/mol. The van der Waals surface area contributed by atoms with E-state index in [4.69, 9.17) is 9.47 Å². The Kier molecular flexibility index (Phi) is 5.49. The zero-order chi connectivity index (χ0) is 12.6. The Morgan fingerprint density at radius 3 is 3.06 bits per heavy atom. The molecule has 1 saturated heterocycles. The van der Waals surface area contributed by atoms with Crippen molar-refractivity contribution in [3.05, 3.63) is 29.8 Å². The number of aryl methyl sites for hydroxylation is 1. The van der Waals surface area contributed by atoms with Crippen molar-refractivity contribution in [2.75, 3.05) is 26.3 Å². The van der Waals surface area contributed by atoms with Gasteiger partial charge in [0.1, 0.15) is 18.4 Å². The maximum absolute atomic E-state index is 5.76. The molecule has 0 aromatic heterocycles. The van der Waals surface area contributed by atoms with Crippen molar-refractivity contribution in [1.82, 2.24) is 0 Å². The van der Waals surface area contributed by atoms with Crippen LogP contribution in [0.4, 0.5) is 0 Å². The van der Waals surface area contributed by atoms with Gasteiger partial charge in [-0.25, -0.2) is 0 Å². The van der Waals surface area contributed by atoms with E-state index in [2.05, 4.69) is 18.3 Å². The van der Waals surface area contributed by atoms with Gasteiger partial charge in [0, 0.05) is 13.0 Å². The van der Waals surface area contributed by atoms with Gasteiger partial charge in [0.2, 0.25) is 0 Å². The smallest absolute Gasteiger partial charge is 0.122 e. The first kappa shape index (κ1) is 13.4. The van der Waals surface area contributed by atoms with E-state index >= 15 is 0 Å². The number of rotatable bonds is 7. The lowest BCUT2D eigenvalue weighted by Crippen LogP contribution is -2.86. The highest BCUT2D eigenvalue weighted by Crippen LogP contribution is 2.15. The monoisotopic (exact) mass is 250 g/mol. The summed E-state index contributed by atoms with van der Waals surface area (Å²) in [6.07, 6.45) is 4.04. The molecule has 3 nitrogen and oxygen atoms in total. The molecule has 2 N–H and O–H groups in total. The molecule has 1 aromatic rings. The van der Waals surface area contributed by atoms with Gasteiger partial charge in [-0.1, -0.05) is 18.2 Å². The van der Waals surface area contributed by atoms with Gasteiger partial charge in [-0.05, 0) is 31.4 Å². The van der Waals surface area contributed by atoms with Gasteiger partial charge in [-0.15, -0.1) is 0 Å². The fourth-order valence-corrected chi connectivity index (χ4v) is 2.26. The number of nitrogens with two attached hydrogens (primary N) is 1. The zero-order valence-corrected chi connectivity index (χ0v) is 11.2. The Morgan fingerprint density at radius 2 is 2.28 bits per heavy atom. The van der Waals surface area contributed by atoms with E-state index in [0.717, 1.165) is 38.5 Å². The average molecular weight is 250 g/mol. The number of hydrogen-bond donors (Lipinski definition) is 1. The molecule has 1 aliphatic rings. The van der Waals surface area contributed by atoms with Crippen molar-refractivity contribution in [2.24, 2.45) is 0 Å². The lowest BCUT2D eigenvalue weighted by atomic mass is 10.2. The number of quaternary nitrogens is 1. The molecule has 18 heavy (non-hydrogen) atoms. The van der Waals surface area contributed by atoms with Crippen LogP contribution in [-0.2, 0) is 4.74 Å². The summed E-state index contributed by atoms with van der Waals surface area (Å²) in [4.78, 5) is 0. The van der Waals surface area contributed by atoms with Crippen LogP contribution in [0.1, 0.15) is 24.8 Å². The van der Waals surface area contributed by atoms with Crippen LogP contribution in [0, 0.1) is 6.92 Å². The van der Waals surface area contributed by atoms with Gasteiger partial charge in [0.15, 0.2) is 0 Å². The molecule has 0 bridgehead atoms. The molecule has 1 atom stereocenters. The van der Waals surface area contributed by atoms with Crippen molar-refractivity contribution in [3.63, 3.8) is 0 Å². The summed E-state index contributed by atoms with van der Waals surface area (Å²) in [6, 6.07) is 8.17. The van der Waals surface area contributed by atoms with Crippen LogP contribution < -0.4 is 10.1 Å². The van der Waals surface area contributed by atoms with Crippen molar-refractivity contribution in [1.29, 1.82) is 0 Å². The predicted octanol–water partition coefficient (Wildman–Crippen LogP) is 1.51. The lowest BCUT2D eigenvalue weighted by molar-refractivity contribution is -0.661. The first-order valence-corrected chi connectivity index (χ1v) is 6.98. The van der Waals surface area contributed by atoms with Crippen LogP contribution in [0.2, 0.25) is 0 Å². The van der Waals surface area contributed by atoms with Crippen LogP contribution in [-0.4, -0.2) is 32.4 Å². The Labute approximate surface area is 109 Å². The summed E-state index contributed by atoms with van der Waals surface area (Å²) in [7, 11) is 0. The molecule has 1 aromatic carbocycles. The van der Waals surface area contributed by atoms with Crippen molar-refractivity contribution >= 4 is 0 Å². The largest absolute Gasteiger partial charge is 0.493 e. The molecule has 0 radical (unpaired) electrons. The number of hydrogen-bond acceptors (Lipinski definition) is 2. The molecule has 0 unspecified atom stereocenters. The quantitative estimate of drug-likeness (QED) is 0.744. The maximum atomic E-state index is 5.76. The van der Waals surface area contributed by atoms with Crippen LogP contribution in [0.15, 0.2) is 24.3 Å². The minimum atomic E-state index is 0.488. The Morgan fingerprint density at radius 1 is 1.39 bits per heavy atom.